The normalized spacial score (nSPS) is 11.7. The molecule has 0 saturated carbocycles. The molecule has 0 aliphatic carbocycles. The fourth-order valence-electron chi connectivity index (χ4n) is 2.69. The Hall–Kier alpha value is -2.99. The van der Waals surface area contributed by atoms with Gasteiger partial charge in [0.25, 0.3) is 15.9 Å². The SMILES string of the molecule is CNS(=O)(=O)c1cccc(C(=O)Nc2cc(Cl)ccc2NS(=O)(=O)c2ccccc2F)c1. The van der Waals surface area contributed by atoms with Gasteiger partial charge in [0.15, 0.2) is 0 Å². The molecule has 0 radical (unpaired) electrons. The Labute approximate surface area is 189 Å². The van der Waals surface area contributed by atoms with Gasteiger partial charge in [0, 0.05) is 10.6 Å². The van der Waals surface area contributed by atoms with Crippen LogP contribution in [0.25, 0.3) is 0 Å². The Bertz CT molecular complexity index is 1400. The number of rotatable bonds is 7. The molecule has 0 bridgehead atoms. The summed E-state index contributed by atoms with van der Waals surface area (Å²) < 4.78 is 67.6. The largest absolute Gasteiger partial charge is 0.320 e. The highest BCUT2D eigenvalue weighted by Crippen LogP contribution is 2.29. The van der Waals surface area contributed by atoms with Gasteiger partial charge in [-0.15, -0.1) is 0 Å². The van der Waals surface area contributed by atoms with E-state index in [2.05, 4.69) is 14.8 Å². The number of amides is 1. The fraction of sp³-hybridized carbons (Fsp3) is 0.0500. The zero-order valence-electron chi connectivity index (χ0n) is 16.5. The molecule has 0 aromatic heterocycles. The van der Waals surface area contributed by atoms with Crippen LogP contribution in [-0.2, 0) is 20.0 Å². The minimum Gasteiger partial charge on any atom is -0.320 e. The van der Waals surface area contributed by atoms with Gasteiger partial charge in [-0.1, -0.05) is 29.8 Å². The zero-order valence-corrected chi connectivity index (χ0v) is 18.9. The van der Waals surface area contributed by atoms with Gasteiger partial charge in [-0.2, -0.15) is 0 Å². The number of hydrogen-bond donors (Lipinski definition) is 3. The van der Waals surface area contributed by atoms with E-state index >= 15 is 0 Å². The minimum absolute atomic E-state index is 0.00390. The summed E-state index contributed by atoms with van der Waals surface area (Å²) in [4.78, 5) is 12.0. The lowest BCUT2D eigenvalue weighted by Crippen LogP contribution is -2.20. The van der Waals surface area contributed by atoms with E-state index in [0.29, 0.717) is 0 Å². The average molecular weight is 498 g/mol. The summed E-state index contributed by atoms with van der Waals surface area (Å²) in [6.45, 7) is 0. The molecule has 0 aliphatic rings. The number of carbonyl (C=O) groups is 1. The number of anilines is 2. The number of sulfonamides is 2. The molecule has 0 atom stereocenters. The monoisotopic (exact) mass is 497 g/mol. The second kappa shape index (κ2) is 9.25. The van der Waals surface area contributed by atoms with Crippen LogP contribution < -0.4 is 14.8 Å². The van der Waals surface area contributed by atoms with E-state index in [9.17, 15) is 26.0 Å². The van der Waals surface area contributed by atoms with Crippen molar-refractivity contribution in [2.45, 2.75) is 9.79 Å². The summed E-state index contributed by atoms with van der Waals surface area (Å²) in [5.41, 5.74) is -0.0708. The lowest BCUT2D eigenvalue weighted by Gasteiger charge is -2.15. The number of nitrogens with one attached hydrogen (secondary N) is 3. The van der Waals surface area contributed by atoms with Gasteiger partial charge in [0.1, 0.15) is 10.7 Å². The standard InChI is InChI=1S/C20H17ClFN3O5S2/c1-23-31(27,28)15-6-4-5-13(11-15)20(26)24-18-12-14(21)9-10-17(18)25-32(29,30)19-8-3-2-7-16(19)22/h2-12,23,25H,1H3,(H,24,26). The van der Waals surface area contributed by atoms with Crippen LogP contribution in [0.3, 0.4) is 0 Å². The third-order valence-corrected chi connectivity index (χ3v) is 7.32. The molecular weight excluding hydrogens is 481 g/mol. The topological polar surface area (TPSA) is 121 Å². The third-order valence-electron chi connectivity index (χ3n) is 4.28. The van der Waals surface area contributed by atoms with Crippen LogP contribution in [0.1, 0.15) is 10.4 Å². The van der Waals surface area contributed by atoms with Crippen LogP contribution in [-0.4, -0.2) is 29.8 Å². The lowest BCUT2D eigenvalue weighted by molar-refractivity contribution is 0.102. The van der Waals surface area contributed by atoms with Gasteiger partial charge in [0.05, 0.1) is 16.3 Å². The van der Waals surface area contributed by atoms with Gasteiger partial charge in [0.2, 0.25) is 10.0 Å². The molecule has 0 fully saturated rings. The van der Waals surface area contributed by atoms with Gasteiger partial charge in [-0.3, -0.25) is 9.52 Å². The predicted molar refractivity (Wildman–Crippen MR) is 119 cm³/mol. The smallest absolute Gasteiger partial charge is 0.264 e. The number of benzene rings is 3. The summed E-state index contributed by atoms with van der Waals surface area (Å²) in [6, 6.07) is 14.1. The van der Waals surface area contributed by atoms with Crippen molar-refractivity contribution < 1.29 is 26.0 Å². The number of hydrogen-bond acceptors (Lipinski definition) is 5. The van der Waals surface area contributed by atoms with E-state index in [-0.39, 0.29) is 26.9 Å². The highest BCUT2D eigenvalue weighted by Gasteiger charge is 2.21. The molecule has 3 aromatic rings. The highest BCUT2D eigenvalue weighted by molar-refractivity contribution is 7.92. The Balaban J connectivity index is 1.94. The van der Waals surface area contributed by atoms with Crippen molar-refractivity contribution >= 4 is 48.9 Å². The quantitative estimate of drug-likeness (QED) is 0.461. The first-order valence-electron chi connectivity index (χ1n) is 8.95. The molecule has 3 N–H and O–H groups in total. The van der Waals surface area contributed by atoms with E-state index in [4.69, 9.17) is 11.6 Å². The second-order valence-corrected chi connectivity index (χ2v) is 10.4. The van der Waals surface area contributed by atoms with E-state index in [1.165, 1.54) is 55.6 Å². The van der Waals surface area contributed by atoms with Crippen molar-refractivity contribution in [3.8, 4) is 0 Å². The van der Waals surface area contributed by atoms with Gasteiger partial charge in [-0.25, -0.2) is 25.9 Å². The van der Waals surface area contributed by atoms with Crippen molar-refractivity contribution in [3.05, 3.63) is 83.1 Å². The molecule has 3 rings (SSSR count). The van der Waals surface area contributed by atoms with Crippen LogP contribution in [0, 0.1) is 5.82 Å². The first kappa shape index (κ1) is 23.7. The van der Waals surface area contributed by atoms with Gasteiger partial charge < -0.3 is 5.32 Å². The van der Waals surface area contributed by atoms with E-state index in [1.54, 1.807) is 0 Å². The van der Waals surface area contributed by atoms with Crippen molar-refractivity contribution in [2.24, 2.45) is 0 Å². The summed E-state index contributed by atoms with van der Waals surface area (Å²) in [5.74, 6) is -1.66. The summed E-state index contributed by atoms with van der Waals surface area (Å²) >= 11 is 5.99. The lowest BCUT2D eigenvalue weighted by atomic mass is 10.2. The predicted octanol–water partition coefficient (Wildman–Crippen LogP) is 3.44. The summed E-state index contributed by atoms with van der Waals surface area (Å²) in [5, 5.41) is 2.69. The minimum atomic E-state index is -4.32. The average Bonchev–Trinajstić information content (AvgIpc) is 2.75. The van der Waals surface area contributed by atoms with E-state index < -0.39 is 36.7 Å². The molecule has 12 heteroatoms. The summed E-state index contributed by atoms with van der Waals surface area (Å²) in [6.07, 6.45) is 0. The molecule has 0 spiro atoms. The number of carbonyl (C=O) groups excluding carboxylic acids is 1. The van der Waals surface area contributed by atoms with Crippen molar-refractivity contribution in [1.29, 1.82) is 0 Å². The van der Waals surface area contributed by atoms with Crippen LogP contribution in [0.4, 0.5) is 15.8 Å². The van der Waals surface area contributed by atoms with Crippen molar-refractivity contribution in [1.82, 2.24) is 4.72 Å². The van der Waals surface area contributed by atoms with Crippen molar-refractivity contribution in [3.63, 3.8) is 0 Å². The van der Waals surface area contributed by atoms with Crippen LogP contribution in [0.2, 0.25) is 5.02 Å². The Morgan fingerprint density at radius 3 is 2.28 bits per heavy atom. The van der Waals surface area contributed by atoms with Crippen LogP contribution >= 0.6 is 11.6 Å². The molecular formula is C20H17ClFN3O5S2. The highest BCUT2D eigenvalue weighted by atomic mass is 35.5. The first-order chi connectivity index (χ1) is 15.0. The molecule has 32 heavy (non-hydrogen) atoms. The third kappa shape index (κ3) is 5.25. The van der Waals surface area contributed by atoms with Gasteiger partial charge >= 0.3 is 0 Å². The van der Waals surface area contributed by atoms with Crippen LogP contribution in [0.5, 0.6) is 0 Å². The molecule has 3 aromatic carbocycles. The molecule has 8 nitrogen and oxygen atoms in total. The van der Waals surface area contributed by atoms with E-state index in [0.717, 1.165) is 18.2 Å². The first-order valence-corrected chi connectivity index (χ1v) is 12.3. The maximum Gasteiger partial charge on any atom is 0.264 e. The Morgan fingerprint density at radius 2 is 1.59 bits per heavy atom. The van der Waals surface area contributed by atoms with Crippen molar-refractivity contribution in [2.75, 3.05) is 17.1 Å². The molecule has 0 heterocycles. The molecule has 0 aliphatic heterocycles. The van der Waals surface area contributed by atoms with Crippen LogP contribution in [0.15, 0.2) is 76.5 Å². The Morgan fingerprint density at radius 1 is 0.875 bits per heavy atom. The Kier molecular flexibility index (Phi) is 6.84. The maximum absolute atomic E-state index is 14.0. The maximum atomic E-state index is 14.0. The molecule has 0 unspecified atom stereocenters. The molecule has 0 saturated heterocycles. The van der Waals surface area contributed by atoms with Gasteiger partial charge in [-0.05, 0) is 55.6 Å². The second-order valence-electron chi connectivity index (χ2n) is 6.42. The zero-order chi connectivity index (χ0) is 23.5. The fourth-order valence-corrected chi connectivity index (χ4v) is 4.80. The summed E-state index contributed by atoms with van der Waals surface area (Å²) in [7, 11) is -6.86. The molecule has 168 valence electrons. The number of halogens is 2. The molecule has 1 amide bonds. The van der Waals surface area contributed by atoms with E-state index in [1.807, 2.05) is 0 Å².